The lowest BCUT2D eigenvalue weighted by atomic mass is 9.74. The van der Waals surface area contributed by atoms with E-state index in [1.165, 1.54) is 0 Å². The molecule has 2 atom stereocenters. The predicted molar refractivity (Wildman–Crippen MR) is 115 cm³/mol. The second-order valence-corrected chi connectivity index (χ2v) is 9.43. The largest absolute Gasteiger partial charge is 0.351 e. The highest BCUT2D eigenvalue weighted by atomic mass is 79.9. The zero-order valence-corrected chi connectivity index (χ0v) is 18.2. The minimum atomic E-state index is -0.199. The molecule has 0 radical (unpaired) electrons. The molecule has 0 bridgehead atoms. The number of nitrogens with zero attached hydrogens (tertiary/aromatic N) is 2. The molecule has 7 heteroatoms. The standard InChI is InChI=1S/C22H27BrN4O2/c1-13-8-14(9-13)10-20(28)25-17-4-2-3-5-18(17)27-22(29)19-7-6-15-11-24-12-16(23)21(15)26-19/h6-7,11-14,17-18H,2-5,8-10H2,1H3,(H,25,28)(H,27,29)/t13?,14?,17-,18-/m1/s1. The lowest BCUT2D eigenvalue weighted by Gasteiger charge is -2.35. The third kappa shape index (κ3) is 4.77. The highest BCUT2D eigenvalue weighted by Gasteiger charge is 2.31. The van der Waals surface area contributed by atoms with Crippen molar-refractivity contribution in [2.75, 3.05) is 0 Å². The van der Waals surface area contributed by atoms with Crippen molar-refractivity contribution in [1.29, 1.82) is 0 Å². The average molecular weight is 459 g/mol. The van der Waals surface area contributed by atoms with Gasteiger partial charge < -0.3 is 10.6 Å². The van der Waals surface area contributed by atoms with E-state index in [4.69, 9.17) is 0 Å². The summed E-state index contributed by atoms with van der Waals surface area (Å²) in [7, 11) is 0. The fourth-order valence-electron chi connectivity index (χ4n) is 4.62. The normalized spacial score (nSPS) is 26.6. The fourth-order valence-corrected chi connectivity index (χ4v) is 5.05. The van der Waals surface area contributed by atoms with Crippen molar-refractivity contribution in [3.63, 3.8) is 0 Å². The molecule has 4 rings (SSSR count). The van der Waals surface area contributed by atoms with Crippen molar-refractivity contribution in [2.24, 2.45) is 11.8 Å². The Morgan fingerprint density at radius 2 is 1.83 bits per heavy atom. The third-order valence-electron chi connectivity index (χ3n) is 6.16. The number of hydrogen-bond acceptors (Lipinski definition) is 4. The van der Waals surface area contributed by atoms with Crippen LogP contribution in [-0.4, -0.2) is 33.9 Å². The van der Waals surface area contributed by atoms with Crippen LogP contribution in [0.4, 0.5) is 0 Å². The number of fused-ring (bicyclic) bond motifs is 1. The van der Waals surface area contributed by atoms with Gasteiger partial charge in [0.05, 0.1) is 9.99 Å². The Morgan fingerprint density at radius 1 is 1.10 bits per heavy atom. The zero-order valence-electron chi connectivity index (χ0n) is 16.7. The summed E-state index contributed by atoms with van der Waals surface area (Å²) in [6.45, 7) is 2.23. The average Bonchev–Trinajstić information content (AvgIpc) is 2.68. The predicted octanol–water partition coefficient (Wildman–Crippen LogP) is 3.99. The Morgan fingerprint density at radius 3 is 2.55 bits per heavy atom. The van der Waals surface area contributed by atoms with Gasteiger partial charge in [-0.25, -0.2) is 4.98 Å². The van der Waals surface area contributed by atoms with Gasteiger partial charge in [0.2, 0.25) is 5.91 Å². The van der Waals surface area contributed by atoms with Crippen LogP contribution < -0.4 is 10.6 Å². The molecule has 0 unspecified atom stereocenters. The molecular formula is C22H27BrN4O2. The van der Waals surface area contributed by atoms with Crippen LogP contribution in [0.1, 0.15) is 62.4 Å². The quantitative estimate of drug-likeness (QED) is 0.709. The summed E-state index contributed by atoms with van der Waals surface area (Å²) in [6.07, 6.45) is 10.2. The van der Waals surface area contributed by atoms with Crippen LogP contribution in [0, 0.1) is 11.8 Å². The molecule has 2 heterocycles. The molecule has 2 fully saturated rings. The van der Waals surface area contributed by atoms with Crippen LogP contribution in [0.3, 0.4) is 0 Å². The summed E-state index contributed by atoms with van der Waals surface area (Å²) >= 11 is 3.44. The minimum Gasteiger partial charge on any atom is -0.351 e. The first-order chi connectivity index (χ1) is 14.0. The minimum absolute atomic E-state index is 0.00547. The van der Waals surface area contributed by atoms with Crippen LogP contribution >= 0.6 is 15.9 Å². The smallest absolute Gasteiger partial charge is 0.270 e. The maximum atomic E-state index is 12.9. The fraction of sp³-hybridized carbons (Fsp3) is 0.545. The number of carbonyl (C=O) groups is 2. The van der Waals surface area contributed by atoms with Gasteiger partial charge in [0, 0.05) is 36.3 Å². The number of carbonyl (C=O) groups excluding carboxylic acids is 2. The van der Waals surface area contributed by atoms with Crippen LogP contribution in [0.25, 0.3) is 10.9 Å². The number of halogens is 1. The van der Waals surface area contributed by atoms with Gasteiger partial charge in [0.15, 0.2) is 0 Å². The van der Waals surface area contributed by atoms with E-state index in [-0.39, 0.29) is 23.9 Å². The molecule has 2 saturated carbocycles. The molecule has 0 spiro atoms. The first kappa shape index (κ1) is 20.3. The highest BCUT2D eigenvalue weighted by Crippen LogP contribution is 2.35. The van der Waals surface area contributed by atoms with Crippen LogP contribution in [0.5, 0.6) is 0 Å². The maximum absolute atomic E-state index is 12.9. The number of aromatic nitrogens is 2. The molecule has 29 heavy (non-hydrogen) atoms. The van der Waals surface area contributed by atoms with Crippen LogP contribution in [-0.2, 0) is 4.79 Å². The SMILES string of the molecule is CC1CC(CC(=O)N[C@@H]2CCCC[C@H]2NC(=O)c2ccc3cncc(Br)c3n2)C1. The van der Waals surface area contributed by atoms with Gasteiger partial charge in [0.25, 0.3) is 5.91 Å². The second kappa shape index (κ2) is 8.78. The highest BCUT2D eigenvalue weighted by molar-refractivity contribution is 9.10. The van der Waals surface area contributed by atoms with E-state index in [2.05, 4.69) is 43.5 Å². The van der Waals surface area contributed by atoms with Crippen LogP contribution in [0.2, 0.25) is 0 Å². The van der Waals surface area contributed by atoms with E-state index in [0.29, 0.717) is 18.0 Å². The summed E-state index contributed by atoms with van der Waals surface area (Å²) in [4.78, 5) is 33.9. The van der Waals surface area contributed by atoms with Gasteiger partial charge in [-0.15, -0.1) is 0 Å². The molecule has 6 nitrogen and oxygen atoms in total. The van der Waals surface area contributed by atoms with Gasteiger partial charge in [-0.3, -0.25) is 14.6 Å². The topological polar surface area (TPSA) is 84.0 Å². The van der Waals surface area contributed by atoms with Crippen molar-refractivity contribution >= 4 is 38.6 Å². The van der Waals surface area contributed by atoms with Gasteiger partial charge in [-0.1, -0.05) is 19.8 Å². The molecule has 154 valence electrons. The number of hydrogen-bond donors (Lipinski definition) is 2. The van der Waals surface area contributed by atoms with E-state index in [1.807, 2.05) is 6.07 Å². The van der Waals surface area contributed by atoms with Gasteiger partial charge >= 0.3 is 0 Å². The van der Waals surface area contributed by atoms with Gasteiger partial charge in [-0.05, 0) is 65.6 Å². The summed E-state index contributed by atoms with van der Waals surface area (Å²) in [5, 5.41) is 7.18. The molecule has 0 aliphatic heterocycles. The third-order valence-corrected chi connectivity index (χ3v) is 6.74. The van der Waals surface area contributed by atoms with E-state index in [0.717, 1.165) is 59.8 Å². The summed E-state index contributed by atoms with van der Waals surface area (Å²) < 4.78 is 0.762. The van der Waals surface area contributed by atoms with Crippen molar-refractivity contribution in [2.45, 2.75) is 64.0 Å². The Bertz CT molecular complexity index is 913. The van der Waals surface area contributed by atoms with E-state index in [9.17, 15) is 9.59 Å². The lowest BCUT2D eigenvalue weighted by Crippen LogP contribution is -2.53. The summed E-state index contributed by atoms with van der Waals surface area (Å²) in [6, 6.07) is 3.52. The maximum Gasteiger partial charge on any atom is 0.270 e. The molecule has 0 aromatic carbocycles. The monoisotopic (exact) mass is 458 g/mol. The molecule has 2 aliphatic rings. The molecular weight excluding hydrogens is 432 g/mol. The molecule has 2 aromatic rings. The Hall–Kier alpha value is -2.02. The first-order valence-corrected chi connectivity index (χ1v) is 11.3. The van der Waals surface area contributed by atoms with E-state index >= 15 is 0 Å². The first-order valence-electron chi connectivity index (χ1n) is 10.5. The Kier molecular flexibility index (Phi) is 6.13. The van der Waals surface area contributed by atoms with Crippen molar-refractivity contribution in [3.05, 3.63) is 34.7 Å². The lowest BCUT2D eigenvalue weighted by molar-refractivity contribution is -0.124. The zero-order chi connectivity index (χ0) is 20.4. The molecule has 2 N–H and O–H groups in total. The van der Waals surface area contributed by atoms with Crippen molar-refractivity contribution in [3.8, 4) is 0 Å². The summed E-state index contributed by atoms with van der Waals surface area (Å²) in [5.74, 6) is 1.19. The molecule has 2 amide bonds. The van der Waals surface area contributed by atoms with Gasteiger partial charge in [-0.2, -0.15) is 0 Å². The number of rotatable bonds is 5. The van der Waals surface area contributed by atoms with Crippen molar-refractivity contribution < 1.29 is 9.59 Å². The van der Waals surface area contributed by atoms with Gasteiger partial charge in [0.1, 0.15) is 5.69 Å². The molecule has 2 aliphatic carbocycles. The Balaban J connectivity index is 1.40. The molecule has 0 saturated heterocycles. The van der Waals surface area contributed by atoms with E-state index in [1.54, 1.807) is 18.5 Å². The Labute approximate surface area is 179 Å². The summed E-state index contributed by atoms with van der Waals surface area (Å²) in [5.41, 5.74) is 1.10. The van der Waals surface area contributed by atoms with E-state index < -0.39 is 0 Å². The number of pyridine rings is 2. The van der Waals surface area contributed by atoms with Crippen molar-refractivity contribution in [1.82, 2.24) is 20.6 Å². The second-order valence-electron chi connectivity index (χ2n) is 8.57. The number of nitrogens with one attached hydrogen (secondary N) is 2. The van der Waals surface area contributed by atoms with Crippen LogP contribution in [0.15, 0.2) is 29.0 Å². The molecule has 2 aromatic heterocycles. The number of amides is 2.